The molecule has 7 heteroatoms. The van der Waals surface area contributed by atoms with E-state index in [1.54, 1.807) is 12.4 Å². The largest absolute Gasteiger partial charge is 0.379 e. The van der Waals surface area contributed by atoms with Gasteiger partial charge in [-0.05, 0) is 18.6 Å². The van der Waals surface area contributed by atoms with E-state index in [9.17, 15) is 0 Å². The van der Waals surface area contributed by atoms with E-state index in [0.29, 0.717) is 18.3 Å². The molecule has 0 bridgehead atoms. The quantitative estimate of drug-likeness (QED) is 0.889. The molecular weight excluding hydrogens is 270 g/mol. The Hall–Kier alpha value is -1.83. The second kappa shape index (κ2) is 6.30. The molecule has 7 nitrogen and oxygen atoms in total. The summed E-state index contributed by atoms with van der Waals surface area (Å²) in [6.45, 7) is 5.95. The van der Waals surface area contributed by atoms with Crippen LogP contribution in [0.1, 0.15) is 17.4 Å². The number of aryl methyl sites for hydroxylation is 1. The van der Waals surface area contributed by atoms with Gasteiger partial charge in [0, 0.05) is 32.0 Å². The summed E-state index contributed by atoms with van der Waals surface area (Å²) in [6.07, 6.45) is 3.49. The van der Waals surface area contributed by atoms with E-state index in [0.717, 1.165) is 37.4 Å². The maximum absolute atomic E-state index is 6.16. The van der Waals surface area contributed by atoms with Crippen LogP contribution in [0.4, 0.5) is 0 Å². The Morgan fingerprint density at radius 1 is 1.33 bits per heavy atom. The number of ether oxygens (including phenoxy) is 1. The van der Waals surface area contributed by atoms with Gasteiger partial charge >= 0.3 is 0 Å². The van der Waals surface area contributed by atoms with E-state index in [-0.39, 0.29) is 6.04 Å². The van der Waals surface area contributed by atoms with Crippen LogP contribution in [0, 0.1) is 6.92 Å². The number of nitrogens with two attached hydrogens (primary N) is 1. The summed E-state index contributed by atoms with van der Waals surface area (Å²) < 4.78 is 10.6. The topological polar surface area (TPSA) is 90.3 Å². The summed E-state index contributed by atoms with van der Waals surface area (Å²) in [6, 6.07) is 1.69. The van der Waals surface area contributed by atoms with Crippen molar-refractivity contribution >= 4 is 0 Å². The zero-order valence-electron chi connectivity index (χ0n) is 12.0. The maximum atomic E-state index is 6.16. The minimum atomic E-state index is -0.265. The lowest BCUT2D eigenvalue weighted by Crippen LogP contribution is -2.40. The van der Waals surface area contributed by atoms with Gasteiger partial charge in [0.25, 0.3) is 5.89 Å². The van der Waals surface area contributed by atoms with Crippen molar-refractivity contribution in [2.45, 2.75) is 13.0 Å². The van der Waals surface area contributed by atoms with Gasteiger partial charge in [0.1, 0.15) is 0 Å². The molecule has 1 atom stereocenters. The highest BCUT2D eigenvalue weighted by Crippen LogP contribution is 2.19. The molecule has 0 aromatic carbocycles. The fourth-order valence-corrected chi connectivity index (χ4v) is 2.32. The molecule has 1 unspecified atom stereocenters. The van der Waals surface area contributed by atoms with Crippen LogP contribution in [0.25, 0.3) is 11.5 Å². The van der Waals surface area contributed by atoms with Gasteiger partial charge in [-0.15, -0.1) is 0 Å². The first-order valence-electron chi connectivity index (χ1n) is 7.03. The van der Waals surface area contributed by atoms with E-state index in [1.165, 1.54) is 0 Å². The van der Waals surface area contributed by atoms with Gasteiger partial charge < -0.3 is 15.0 Å². The lowest BCUT2D eigenvalue weighted by atomic mass is 10.2. The molecule has 3 heterocycles. The zero-order valence-corrected chi connectivity index (χ0v) is 12.0. The SMILES string of the molecule is Cc1cncc(-c2nc(C(N)CN3CCOCC3)no2)c1. The average molecular weight is 289 g/mol. The van der Waals surface area contributed by atoms with Gasteiger partial charge in [-0.2, -0.15) is 4.98 Å². The van der Waals surface area contributed by atoms with E-state index in [4.69, 9.17) is 15.0 Å². The van der Waals surface area contributed by atoms with E-state index >= 15 is 0 Å². The molecule has 3 rings (SSSR count). The second-order valence-corrected chi connectivity index (χ2v) is 5.23. The summed E-state index contributed by atoms with van der Waals surface area (Å²) in [5, 5.41) is 3.99. The van der Waals surface area contributed by atoms with Gasteiger partial charge in [-0.3, -0.25) is 9.88 Å². The monoisotopic (exact) mass is 289 g/mol. The molecule has 1 aliphatic rings. The van der Waals surface area contributed by atoms with Gasteiger partial charge in [0.15, 0.2) is 5.82 Å². The Kier molecular flexibility index (Phi) is 4.23. The van der Waals surface area contributed by atoms with Crippen molar-refractivity contribution in [3.63, 3.8) is 0 Å². The Morgan fingerprint density at radius 2 is 2.14 bits per heavy atom. The first-order valence-corrected chi connectivity index (χ1v) is 7.03. The van der Waals surface area contributed by atoms with Crippen LogP contribution in [0.2, 0.25) is 0 Å². The summed E-state index contributed by atoms with van der Waals surface area (Å²) >= 11 is 0. The van der Waals surface area contributed by atoms with E-state index in [1.807, 2.05) is 13.0 Å². The third-order valence-electron chi connectivity index (χ3n) is 3.45. The van der Waals surface area contributed by atoms with Crippen molar-refractivity contribution in [1.82, 2.24) is 20.0 Å². The van der Waals surface area contributed by atoms with Crippen molar-refractivity contribution < 1.29 is 9.26 Å². The Bertz CT molecular complexity index is 595. The number of pyridine rings is 1. The lowest BCUT2D eigenvalue weighted by molar-refractivity contribution is 0.0348. The number of hydrogen-bond donors (Lipinski definition) is 1. The first kappa shape index (κ1) is 14.1. The van der Waals surface area contributed by atoms with Gasteiger partial charge in [0.05, 0.1) is 24.8 Å². The number of aromatic nitrogens is 3. The number of nitrogens with zero attached hydrogens (tertiary/aromatic N) is 4. The summed E-state index contributed by atoms with van der Waals surface area (Å²) in [5.41, 5.74) is 8.02. The Balaban J connectivity index is 1.69. The summed E-state index contributed by atoms with van der Waals surface area (Å²) in [5.74, 6) is 0.983. The molecule has 1 aliphatic heterocycles. The highest BCUT2D eigenvalue weighted by molar-refractivity contribution is 5.51. The van der Waals surface area contributed by atoms with Crippen LogP contribution >= 0.6 is 0 Å². The maximum Gasteiger partial charge on any atom is 0.259 e. The molecule has 0 radical (unpaired) electrons. The highest BCUT2D eigenvalue weighted by Gasteiger charge is 2.20. The first-order chi connectivity index (χ1) is 10.2. The fourth-order valence-electron chi connectivity index (χ4n) is 2.32. The van der Waals surface area contributed by atoms with Crippen molar-refractivity contribution in [3.8, 4) is 11.5 Å². The molecule has 1 saturated heterocycles. The molecule has 1 fully saturated rings. The summed E-state index contributed by atoms with van der Waals surface area (Å²) in [7, 11) is 0. The van der Waals surface area contributed by atoms with Crippen molar-refractivity contribution in [2.75, 3.05) is 32.8 Å². The van der Waals surface area contributed by atoms with Crippen LogP contribution in [0.5, 0.6) is 0 Å². The molecule has 0 saturated carbocycles. The Morgan fingerprint density at radius 3 is 2.90 bits per heavy atom. The minimum Gasteiger partial charge on any atom is -0.379 e. The van der Waals surface area contributed by atoms with Crippen molar-refractivity contribution in [1.29, 1.82) is 0 Å². The third kappa shape index (κ3) is 3.44. The van der Waals surface area contributed by atoms with E-state index < -0.39 is 0 Å². The molecule has 21 heavy (non-hydrogen) atoms. The summed E-state index contributed by atoms with van der Waals surface area (Å²) in [4.78, 5) is 10.8. The van der Waals surface area contributed by atoms with Gasteiger partial charge in [-0.25, -0.2) is 0 Å². The normalized spacial score (nSPS) is 17.8. The van der Waals surface area contributed by atoms with Crippen LogP contribution in [0.3, 0.4) is 0 Å². The fraction of sp³-hybridized carbons (Fsp3) is 0.500. The smallest absolute Gasteiger partial charge is 0.259 e. The standard InChI is InChI=1S/C14H19N5O2/c1-10-6-11(8-16-7-10)14-17-13(18-21-14)12(15)9-19-2-4-20-5-3-19/h6-8,12H,2-5,9,15H2,1H3. The predicted octanol–water partition coefficient (Wildman–Crippen LogP) is 0.772. The third-order valence-corrected chi connectivity index (χ3v) is 3.45. The number of hydrogen-bond acceptors (Lipinski definition) is 7. The molecule has 112 valence electrons. The van der Waals surface area contributed by atoms with Crippen molar-refractivity contribution in [2.24, 2.45) is 5.73 Å². The number of rotatable bonds is 4. The molecule has 2 aromatic heterocycles. The number of morpholine rings is 1. The molecular formula is C14H19N5O2. The van der Waals surface area contributed by atoms with Gasteiger partial charge in [0.2, 0.25) is 0 Å². The predicted molar refractivity (Wildman–Crippen MR) is 76.5 cm³/mol. The lowest BCUT2D eigenvalue weighted by Gasteiger charge is -2.27. The van der Waals surface area contributed by atoms with Crippen LogP contribution in [-0.2, 0) is 4.74 Å². The van der Waals surface area contributed by atoms with Gasteiger partial charge in [-0.1, -0.05) is 5.16 Å². The molecule has 0 amide bonds. The zero-order chi connectivity index (χ0) is 14.7. The molecule has 0 aliphatic carbocycles. The van der Waals surface area contributed by atoms with Crippen molar-refractivity contribution in [3.05, 3.63) is 29.8 Å². The second-order valence-electron chi connectivity index (χ2n) is 5.23. The van der Waals surface area contributed by atoms with E-state index in [2.05, 4.69) is 20.0 Å². The minimum absolute atomic E-state index is 0.265. The molecule has 2 N–H and O–H groups in total. The molecule has 0 spiro atoms. The highest BCUT2D eigenvalue weighted by atomic mass is 16.5. The molecule has 2 aromatic rings. The Labute approximate surface area is 123 Å². The van der Waals surface area contributed by atoms with Crippen LogP contribution in [-0.4, -0.2) is 52.9 Å². The van der Waals surface area contributed by atoms with Crippen LogP contribution < -0.4 is 5.73 Å². The van der Waals surface area contributed by atoms with Crippen LogP contribution in [0.15, 0.2) is 23.0 Å². The average Bonchev–Trinajstić information content (AvgIpc) is 2.98.